The van der Waals surface area contributed by atoms with Gasteiger partial charge in [0.15, 0.2) is 0 Å². The van der Waals surface area contributed by atoms with E-state index in [0.717, 1.165) is 17.7 Å². The molecule has 1 N–H and O–H groups in total. The third-order valence-electron chi connectivity index (χ3n) is 4.03. The predicted molar refractivity (Wildman–Crippen MR) is 88.3 cm³/mol. The first-order chi connectivity index (χ1) is 11.1. The molecular formula is C18H19N3O2. The van der Waals surface area contributed by atoms with Crippen molar-refractivity contribution in [3.8, 4) is 0 Å². The van der Waals surface area contributed by atoms with Crippen LogP contribution in [-0.4, -0.2) is 29.4 Å². The molecule has 1 aromatic carbocycles. The minimum Gasteiger partial charge on any atom is -0.340 e. The summed E-state index contributed by atoms with van der Waals surface area (Å²) in [4.78, 5) is 30.6. The molecule has 1 aromatic heterocycles. The van der Waals surface area contributed by atoms with Crippen LogP contribution in [0.2, 0.25) is 0 Å². The summed E-state index contributed by atoms with van der Waals surface area (Å²) in [6.07, 6.45) is 4.66. The van der Waals surface area contributed by atoms with Gasteiger partial charge in [-0.15, -0.1) is 0 Å². The van der Waals surface area contributed by atoms with Gasteiger partial charge in [0.1, 0.15) is 6.04 Å². The molecule has 0 aliphatic carbocycles. The van der Waals surface area contributed by atoms with Crippen molar-refractivity contribution in [1.82, 2.24) is 10.3 Å². The molecule has 2 amide bonds. The van der Waals surface area contributed by atoms with E-state index in [4.69, 9.17) is 0 Å². The van der Waals surface area contributed by atoms with E-state index in [-0.39, 0.29) is 11.8 Å². The minimum atomic E-state index is -0.481. The molecule has 0 unspecified atom stereocenters. The van der Waals surface area contributed by atoms with Crippen LogP contribution in [0.25, 0.3) is 0 Å². The van der Waals surface area contributed by atoms with Crippen molar-refractivity contribution < 1.29 is 9.59 Å². The van der Waals surface area contributed by atoms with Gasteiger partial charge in [0, 0.05) is 30.2 Å². The van der Waals surface area contributed by atoms with Gasteiger partial charge in [0.25, 0.3) is 5.91 Å². The van der Waals surface area contributed by atoms with Gasteiger partial charge in [0.05, 0.1) is 0 Å². The van der Waals surface area contributed by atoms with Gasteiger partial charge >= 0.3 is 0 Å². The number of anilines is 1. The molecule has 0 bridgehead atoms. The molecule has 5 nitrogen and oxygen atoms in total. The number of hydrogen-bond acceptors (Lipinski definition) is 3. The number of carbonyl (C=O) groups is 2. The van der Waals surface area contributed by atoms with Gasteiger partial charge in [-0.3, -0.25) is 14.6 Å². The number of rotatable bonds is 3. The van der Waals surface area contributed by atoms with Gasteiger partial charge in [-0.25, -0.2) is 0 Å². The summed E-state index contributed by atoms with van der Waals surface area (Å²) in [5.74, 6) is -0.293. The Hall–Kier alpha value is -2.69. The quantitative estimate of drug-likeness (QED) is 0.946. The maximum atomic E-state index is 12.7. The highest BCUT2D eigenvalue weighted by atomic mass is 16.2. The first-order valence-corrected chi connectivity index (χ1v) is 7.74. The van der Waals surface area contributed by atoms with Crippen molar-refractivity contribution in [1.29, 1.82) is 0 Å². The highest BCUT2D eigenvalue weighted by Crippen LogP contribution is 2.21. The fraction of sp³-hybridized carbons (Fsp3) is 0.278. The Morgan fingerprint density at radius 3 is 2.57 bits per heavy atom. The van der Waals surface area contributed by atoms with E-state index in [2.05, 4.69) is 10.3 Å². The summed E-state index contributed by atoms with van der Waals surface area (Å²) in [7, 11) is 0. The lowest BCUT2D eigenvalue weighted by Crippen LogP contribution is -2.52. The first kappa shape index (κ1) is 15.2. The summed E-state index contributed by atoms with van der Waals surface area (Å²) in [6.45, 7) is 2.70. The van der Waals surface area contributed by atoms with Crippen LogP contribution in [0, 0.1) is 6.92 Å². The second kappa shape index (κ2) is 6.60. The lowest BCUT2D eigenvalue weighted by Gasteiger charge is -2.32. The second-order valence-electron chi connectivity index (χ2n) is 5.73. The molecule has 0 spiro atoms. The number of hydrogen-bond donors (Lipinski definition) is 1. The zero-order valence-corrected chi connectivity index (χ0v) is 13.0. The van der Waals surface area contributed by atoms with Crippen LogP contribution in [0.1, 0.15) is 28.8 Å². The van der Waals surface area contributed by atoms with Gasteiger partial charge in [-0.2, -0.15) is 0 Å². The Morgan fingerprint density at radius 1 is 1.17 bits per heavy atom. The van der Waals surface area contributed by atoms with E-state index in [1.165, 1.54) is 0 Å². The SMILES string of the molecule is Cc1ccc(N2CCC[C@@H](NC(=O)c3ccncc3)C2=O)cc1. The standard InChI is InChI=1S/C18H19N3O2/c1-13-4-6-15(7-5-13)21-12-2-3-16(18(21)23)20-17(22)14-8-10-19-11-9-14/h4-11,16H,2-3,12H2,1H3,(H,20,22)/t16-/m1/s1. The Morgan fingerprint density at radius 2 is 1.87 bits per heavy atom. The fourth-order valence-corrected chi connectivity index (χ4v) is 2.74. The van der Waals surface area contributed by atoms with E-state index in [1.807, 2.05) is 31.2 Å². The van der Waals surface area contributed by atoms with Crippen LogP contribution < -0.4 is 10.2 Å². The van der Waals surface area contributed by atoms with Gasteiger partial charge < -0.3 is 10.2 Å². The summed E-state index contributed by atoms with van der Waals surface area (Å²) < 4.78 is 0. The summed E-state index contributed by atoms with van der Waals surface area (Å²) >= 11 is 0. The van der Waals surface area contributed by atoms with Crippen molar-refractivity contribution in [3.63, 3.8) is 0 Å². The molecule has 3 rings (SSSR count). The number of carbonyl (C=O) groups excluding carboxylic acids is 2. The Balaban J connectivity index is 1.72. The number of benzene rings is 1. The van der Waals surface area contributed by atoms with E-state index in [0.29, 0.717) is 18.5 Å². The lowest BCUT2D eigenvalue weighted by molar-refractivity contribution is -0.121. The van der Waals surface area contributed by atoms with Gasteiger partial charge in [-0.1, -0.05) is 17.7 Å². The number of aryl methyl sites for hydroxylation is 1. The predicted octanol–water partition coefficient (Wildman–Crippen LogP) is 2.32. The summed E-state index contributed by atoms with van der Waals surface area (Å²) in [5.41, 5.74) is 2.55. The molecule has 2 heterocycles. The Labute approximate surface area is 135 Å². The largest absolute Gasteiger partial charge is 0.340 e. The second-order valence-corrected chi connectivity index (χ2v) is 5.73. The van der Waals surface area contributed by atoms with Crippen LogP contribution in [0.3, 0.4) is 0 Å². The first-order valence-electron chi connectivity index (χ1n) is 7.74. The average molecular weight is 309 g/mol. The van der Waals surface area contributed by atoms with Crippen molar-refractivity contribution in [2.24, 2.45) is 0 Å². The van der Waals surface area contributed by atoms with E-state index < -0.39 is 6.04 Å². The van der Waals surface area contributed by atoms with Gasteiger partial charge in [0.2, 0.25) is 5.91 Å². The van der Waals surface area contributed by atoms with Gasteiger partial charge in [-0.05, 0) is 44.0 Å². The molecule has 23 heavy (non-hydrogen) atoms. The molecule has 0 radical (unpaired) electrons. The summed E-state index contributed by atoms with van der Waals surface area (Å²) in [6, 6.07) is 10.7. The molecule has 2 aromatic rings. The summed E-state index contributed by atoms with van der Waals surface area (Å²) in [5, 5.41) is 2.84. The maximum absolute atomic E-state index is 12.7. The monoisotopic (exact) mass is 309 g/mol. The van der Waals surface area contributed by atoms with Crippen molar-refractivity contribution in [3.05, 3.63) is 59.9 Å². The zero-order chi connectivity index (χ0) is 16.2. The van der Waals surface area contributed by atoms with Crippen LogP contribution >= 0.6 is 0 Å². The van der Waals surface area contributed by atoms with E-state index >= 15 is 0 Å². The third kappa shape index (κ3) is 3.39. The van der Waals surface area contributed by atoms with Crippen molar-refractivity contribution in [2.75, 3.05) is 11.4 Å². The highest BCUT2D eigenvalue weighted by molar-refractivity contribution is 6.02. The highest BCUT2D eigenvalue weighted by Gasteiger charge is 2.30. The fourth-order valence-electron chi connectivity index (χ4n) is 2.74. The van der Waals surface area contributed by atoms with Crippen LogP contribution in [0.5, 0.6) is 0 Å². The van der Waals surface area contributed by atoms with Crippen molar-refractivity contribution in [2.45, 2.75) is 25.8 Å². The molecule has 1 fully saturated rings. The maximum Gasteiger partial charge on any atom is 0.252 e. The molecule has 5 heteroatoms. The molecule has 1 aliphatic rings. The topological polar surface area (TPSA) is 62.3 Å². The number of nitrogens with one attached hydrogen (secondary N) is 1. The number of aromatic nitrogens is 1. The third-order valence-corrected chi connectivity index (χ3v) is 4.03. The molecule has 118 valence electrons. The molecule has 1 atom stereocenters. The Bertz CT molecular complexity index is 698. The van der Waals surface area contributed by atoms with Crippen LogP contribution in [0.15, 0.2) is 48.8 Å². The minimum absolute atomic E-state index is 0.0532. The van der Waals surface area contributed by atoms with E-state index in [1.54, 1.807) is 29.4 Å². The lowest BCUT2D eigenvalue weighted by atomic mass is 10.0. The zero-order valence-electron chi connectivity index (χ0n) is 13.0. The molecule has 1 saturated heterocycles. The Kier molecular flexibility index (Phi) is 4.37. The number of piperidine rings is 1. The molecular weight excluding hydrogens is 290 g/mol. The van der Waals surface area contributed by atoms with Crippen molar-refractivity contribution >= 4 is 17.5 Å². The van der Waals surface area contributed by atoms with E-state index in [9.17, 15) is 9.59 Å². The smallest absolute Gasteiger partial charge is 0.252 e. The number of nitrogens with zero attached hydrogens (tertiary/aromatic N) is 2. The average Bonchev–Trinajstić information content (AvgIpc) is 2.58. The normalized spacial score (nSPS) is 17.9. The number of amides is 2. The van der Waals surface area contributed by atoms with Crippen LogP contribution in [0.4, 0.5) is 5.69 Å². The molecule has 0 saturated carbocycles. The number of pyridine rings is 1. The molecule has 1 aliphatic heterocycles. The van der Waals surface area contributed by atoms with Crippen LogP contribution in [-0.2, 0) is 4.79 Å².